The van der Waals surface area contributed by atoms with Gasteiger partial charge in [0.25, 0.3) is 0 Å². The number of ether oxygens (including phenoxy) is 2. The van der Waals surface area contributed by atoms with Gasteiger partial charge in [-0.2, -0.15) is 0 Å². The Labute approximate surface area is 111 Å². The van der Waals surface area contributed by atoms with Gasteiger partial charge in [-0.15, -0.1) is 0 Å². The third kappa shape index (κ3) is 2.24. The maximum atomic E-state index is 5.97. The molecule has 3 rings (SSSR count). The normalized spacial score (nSPS) is 17.5. The summed E-state index contributed by atoms with van der Waals surface area (Å²) in [5.74, 6) is 0.898. The molecule has 0 amide bonds. The molecule has 5 heteroatoms. The summed E-state index contributed by atoms with van der Waals surface area (Å²) in [5, 5.41) is 0. The third-order valence-corrected chi connectivity index (χ3v) is 3.17. The van der Waals surface area contributed by atoms with Crippen LogP contribution in [0.3, 0.4) is 0 Å². The molecule has 0 saturated carbocycles. The standard InChI is InChI=1S/C14H15N3O2/c1-18-14-16-6-9(7-17-14)11-3-2-4-13-12(11)5-10(15)8-19-13/h2-4,6-7,10H,5,8,15H2,1H3/t10-/m0/s1. The van der Waals surface area contributed by atoms with Crippen molar-refractivity contribution in [2.45, 2.75) is 12.5 Å². The van der Waals surface area contributed by atoms with Crippen molar-refractivity contribution in [2.24, 2.45) is 5.73 Å². The van der Waals surface area contributed by atoms with Crippen LogP contribution < -0.4 is 15.2 Å². The maximum absolute atomic E-state index is 5.97. The van der Waals surface area contributed by atoms with Gasteiger partial charge in [-0.25, -0.2) is 9.97 Å². The molecule has 19 heavy (non-hydrogen) atoms. The van der Waals surface area contributed by atoms with Crippen LogP contribution in [0.15, 0.2) is 30.6 Å². The molecule has 5 nitrogen and oxygen atoms in total. The second-order valence-corrected chi connectivity index (χ2v) is 4.52. The van der Waals surface area contributed by atoms with Crippen molar-refractivity contribution in [1.82, 2.24) is 9.97 Å². The summed E-state index contributed by atoms with van der Waals surface area (Å²) in [6.45, 7) is 0.565. The van der Waals surface area contributed by atoms with E-state index in [1.54, 1.807) is 19.5 Å². The maximum Gasteiger partial charge on any atom is 0.316 e. The van der Waals surface area contributed by atoms with Gasteiger partial charge in [0.05, 0.1) is 7.11 Å². The fourth-order valence-corrected chi connectivity index (χ4v) is 2.26. The first-order chi connectivity index (χ1) is 9.28. The first kappa shape index (κ1) is 11.9. The van der Waals surface area contributed by atoms with Crippen LogP contribution in [0.1, 0.15) is 5.56 Å². The molecule has 2 N–H and O–H groups in total. The monoisotopic (exact) mass is 257 g/mol. The minimum Gasteiger partial charge on any atom is -0.492 e. The molecule has 0 aliphatic carbocycles. The van der Waals surface area contributed by atoms with Gasteiger partial charge in [0, 0.05) is 29.6 Å². The fourth-order valence-electron chi connectivity index (χ4n) is 2.26. The van der Waals surface area contributed by atoms with Crippen molar-refractivity contribution in [2.75, 3.05) is 13.7 Å². The van der Waals surface area contributed by atoms with E-state index in [-0.39, 0.29) is 6.04 Å². The van der Waals surface area contributed by atoms with Gasteiger partial charge in [-0.05, 0) is 18.1 Å². The highest BCUT2D eigenvalue weighted by atomic mass is 16.5. The highest BCUT2D eigenvalue weighted by molar-refractivity contribution is 5.69. The Morgan fingerprint density at radius 2 is 2.11 bits per heavy atom. The van der Waals surface area contributed by atoms with Crippen LogP contribution in [0.4, 0.5) is 0 Å². The molecule has 0 spiro atoms. The van der Waals surface area contributed by atoms with E-state index < -0.39 is 0 Å². The number of fused-ring (bicyclic) bond motifs is 1. The fraction of sp³-hybridized carbons (Fsp3) is 0.286. The van der Waals surface area contributed by atoms with Gasteiger partial charge >= 0.3 is 6.01 Å². The highest BCUT2D eigenvalue weighted by Gasteiger charge is 2.20. The van der Waals surface area contributed by atoms with Crippen molar-refractivity contribution >= 4 is 0 Å². The van der Waals surface area contributed by atoms with E-state index in [4.69, 9.17) is 15.2 Å². The molecule has 2 aromatic rings. The molecular weight excluding hydrogens is 242 g/mol. The van der Waals surface area contributed by atoms with E-state index in [1.165, 1.54) is 0 Å². The van der Waals surface area contributed by atoms with Crippen molar-refractivity contribution < 1.29 is 9.47 Å². The van der Waals surface area contributed by atoms with Crippen LogP contribution in [0, 0.1) is 0 Å². The van der Waals surface area contributed by atoms with Crippen molar-refractivity contribution in [1.29, 1.82) is 0 Å². The zero-order chi connectivity index (χ0) is 13.2. The molecular formula is C14H15N3O2. The molecule has 1 aromatic heterocycles. The molecule has 0 saturated heterocycles. The van der Waals surface area contributed by atoms with Gasteiger partial charge in [0.1, 0.15) is 12.4 Å². The zero-order valence-corrected chi connectivity index (χ0v) is 10.7. The third-order valence-electron chi connectivity index (χ3n) is 3.17. The van der Waals surface area contributed by atoms with Crippen LogP contribution in [-0.2, 0) is 6.42 Å². The summed E-state index contributed by atoms with van der Waals surface area (Å²) in [5.41, 5.74) is 9.09. The Morgan fingerprint density at radius 3 is 2.84 bits per heavy atom. The molecule has 1 aliphatic heterocycles. The Hall–Kier alpha value is -2.14. The highest BCUT2D eigenvalue weighted by Crippen LogP contribution is 2.33. The van der Waals surface area contributed by atoms with E-state index in [9.17, 15) is 0 Å². The molecule has 0 unspecified atom stereocenters. The number of aromatic nitrogens is 2. The quantitative estimate of drug-likeness (QED) is 0.881. The smallest absolute Gasteiger partial charge is 0.316 e. The van der Waals surface area contributed by atoms with Crippen LogP contribution in [-0.4, -0.2) is 29.7 Å². The minimum absolute atomic E-state index is 0.0350. The van der Waals surface area contributed by atoms with Crippen molar-refractivity contribution in [3.8, 4) is 22.9 Å². The van der Waals surface area contributed by atoms with Crippen LogP contribution in [0.2, 0.25) is 0 Å². The summed E-state index contributed by atoms with van der Waals surface area (Å²) < 4.78 is 10.6. The number of nitrogens with zero attached hydrogens (tertiary/aromatic N) is 2. The lowest BCUT2D eigenvalue weighted by atomic mass is 9.94. The van der Waals surface area contributed by atoms with E-state index in [0.717, 1.165) is 28.9 Å². The second-order valence-electron chi connectivity index (χ2n) is 4.52. The van der Waals surface area contributed by atoms with Gasteiger partial charge in [0.15, 0.2) is 0 Å². The predicted molar refractivity (Wildman–Crippen MR) is 71.2 cm³/mol. The van der Waals surface area contributed by atoms with Crippen LogP contribution in [0.25, 0.3) is 11.1 Å². The predicted octanol–water partition coefficient (Wildman–Crippen LogP) is 1.41. The van der Waals surface area contributed by atoms with Crippen LogP contribution >= 0.6 is 0 Å². The number of hydrogen-bond acceptors (Lipinski definition) is 5. The molecule has 0 radical (unpaired) electrons. The number of hydrogen-bond donors (Lipinski definition) is 1. The van der Waals surface area contributed by atoms with E-state index in [2.05, 4.69) is 9.97 Å². The molecule has 2 heterocycles. The largest absolute Gasteiger partial charge is 0.492 e. The first-order valence-electron chi connectivity index (χ1n) is 6.14. The van der Waals surface area contributed by atoms with E-state index in [0.29, 0.717) is 12.6 Å². The molecule has 1 aromatic carbocycles. The van der Waals surface area contributed by atoms with E-state index >= 15 is 0 Å². The number of methoxy groups -OCH3 is 1. The van der Waals surface area contributed by atoms with Crippen molar-refractivity contribution in [3.05, 3.63) is 36.2 Å². The Morgan fingerprint density at radius 1 is 1.32 bits per heavy atom. The molecule has 1 atom stereocenters. The zero-order valence-electron chi connectivity index (χ0n) is 10.7. The Kier molecular flexibility index (Phi) is 3.05. The Balaban J connectivity index is 2.04. The molecule has 1 aliphatic rings. The Bertz CT molecular complexity index is 584. The lowest BCUT2D eigenvalue weighted by Gasteiger charge is -2.24. The summed E-state index contributed by atoms with van der Waals surface area (Å²) >= 11 is 0. The van der Waals surface area contributed by atoms with Gasteiger partial charge < -0.3 is 15.2 Å². The molecule has 0 bridgehead atoms. The lowest BCUT2D eigenvalue weighted by Crippen LogP contribution is -2.34. The van der Waals surface area contributed by atoms with E-state index in [1.807, 2.05) is 18.2 Å². The summed E-state index contributed by atoms with van der Waals surface area (Å²) in [6, 6.07) is 6.37. The van der Waals surface area contributed by atoms with Crippen LogP contribution in [0.5, 0.6) is 11.8 Å². The molecule has 0 fully saturated rings. The molecule has 98 valence electrons. The summed E-state index contributed by atoms with van der Waals surface area (Å²) in [6.07, 6.45) is 4.31. The number of nitrogens with two attached hydrogens (primary N) is 1. The topological polar surface area (TPSA) is 70.3 Å². The number of rotatable bonds is 2. The van der Waals surface area contributed by atoms with Crippen molar-refractivity contribution in [3.63, 3.8) is 0 Å². The van der Waals surface area contributed by atoms with Gasteiger partial charge in [-0.1, -0.05) is 12.1 Å². The summed E-state index contributed by atoms with van der Waals surface area (Å²) in [4.78, 5) is 8.27. The SMILES string of the molecule is COc1ncc(-c2cccc3c2C[C@H](N)CO3)cn1. The second kappa shape index (κ2) is 4.85. The minimum atomic E-state index is 0.0350. The average Bonchev–Trinajstić information content (AvgIpc) is 2.47. The van der Waals surface area contributed by atoms with Gasteiger partial charge in [-0.3, -0.25) is 0 Å². The number of benzene rings is 1. The average molecular weight is 257 g/mol. The summed E-state index contributed by atoms with van der Waals surface area (Å²) in [7, 11) is 1.55. The first-order valence-corrected chi connectivity index (χ1v) is 6.14. The lowest BCUT2D eigenvalue weighted by molar-refractivity contribution is 0.264. The van der Waals surface area contributed by atoms with Gasteiger partial charge in [0.2, 0.25) is 0 Å².